The van der Waals surface area contributed by atoms with E-state index in [4.69, 9.17) is 9.15 Å². The number of carbonyl (C=O) groups is 1. The Balaban J connectivity index is 1.99. The maximum Gasteiger partial charge on any atom is 0.290 e. The van der Waals surface area contributed by atoms with Gasteiger partial charge in [-0.15, -0.1) is 0 Å². The average molecular weight is 393 g/mol. The molecule has 0 saturated heterocycles. The molecule has 0 spiro atoms. The third-order valence-corrected chi connectivity index (χ3v) is 5.22. The van der Waals surface area contributed by atoms with Crippen molar-refractivity contribution in [1.29, 1.82) is 0 Å². The second-order valence-corrected chi connectivity index (χ2v) is 7.26. The highest BCUT2D eigenvalue weighted by Crippen LogP contribution is 2.39. The SMILES string of the molecule is CCOc1cccc(C2c3c(oc4c(C)cc(C)cc4c3=O)C(=O)N2CCO)c1. The van der Waals surface area contributed by atoms with Gasteiger partial charge in [0.15, 0.2) is 5.43 Å². The number of fused-ring (bicyclic) bond motifs is 2. The van der Waals surface area contributed by atoms with E-state index in [1.54, 1.807) is 6.07 Å². The van der Waals surface area contributed by atoms with E-state index in [2.05, 4.69) is 0 Å². The molecule has 0 radical (unpaired) electrons. The van der Waals surface area contributed by atoms with Crippen LogP contribution in [0.4, 0.5) is 0 Å². The summed E-state index contributed by atoms with van der Waals surface area (Å²) in [5.74, 6) is 0.321. The first-order chi connectivity index (χ1) is 14.0. The van der Waals surface area contributed by atoms with Crippen LogP contribution in [0.2, 0.25) is 0 Å². The van der Waals surface area contributed by atoms with E-state index in [-0.39, 0.29) is 30.2 Å². The van der Waals surface area contributed by atoms with Crippen molar-refractivity contribution in [2.75, 3.05) is 19.8 Å². The first-order valence-electron chi connectivity index (χ1n) is 9.68. The fraction of sp³-hybridized carbons (Fsp3) is 0.304. The number of hydrogen-bond donors (Lipinski definition) is 1. The Kier molecular flexibility index (Phi) is 4.88. The first kappa shape index (κ1) is 19.2. The van der Waals surface area contributed by atoms with E-state index >= 15 is 0 Å². The van der Waals surface area contributed by atoms with Crippen molar-refractivity contribution in [3.05, 3.63) is 74.6 Å². The van der Waals surface area contributed by atoms with Crippen molar-refractivity contribution in [1.82, 2.24) is 4.90 Å². The lowest BCUT2D eigenvalue weighted by Gasteiger charge is -2.24. The number of aliphatic hydroxyl groups is 1. The van der Waals surface area contributed by atoms with Crippen molar-refractivity contribution in [2.45, 2.75) is 26.8 Å². The number of rotatable bonds is 5. The number of benzene rings is 2. The fourth-order valence-corrected chi connectivity index (χ4v) is 4.10. The van der Waals surface area contributed by atoms with Crippen LogP contribution in [0.15, 0.2) is 45.6 Å². The van der Waals surface area contributed by atoms with Gasteiger partial charge in [0.05, 0.1) is 30.2 Å². The normalized spacial score (nSPS) is 15.8. The Morgan fingerprint density at radius 2 is 1.97 bits per heavy atom. The molecule has 1 aromatic heterocycles. The van der Waals surface area contributed by atoms with Gasteiger partial charge >= 0.3 is 0 Å². The summed E-state index contributed by atoms with van der Waals surface area (Å²) < 4.78 is 11.6. The Labute approximate surface area is 168 Å². The highest BCUT2D eigenvalue weighted by molar-refractivity contribution is 5.99. The van der Waals surface area contributed by atoms with Gasteiger partial charge < -0.3 is 19.2 Å². The molecular weight excluding hydrogens is 370 g/mol. The van der Waals surface area contributed by atoms with Crippen LogP contribution in [0.25, 0.3) is 11.0 Å². The van der Waals surface area contributed by atoms with Gasteiger partial charge in [-0.3, -0.25) is 9.59 Å². The summed E-state index contributed by atoms with van der Waals surface area (Å²) in [6, 6.07) is 10.4. The van der Waals surface area contributed by atoms with Gasteiger partial charge in [0, 0.05) is 6.54 Å². The van der Waals surface area contributed by atoms with Crippen molar-refractivity contribution in [2.24, 2.45) is 0 Å². The highest BCUT2D eigenvalue weighted by atomic mass is 16.5. The summed E-state index contributed by atoms with van der Waals surface area (Å²) >= 11 is 0. The lowest BCUT2D eigenvalue weighted by atomic mass is 9.97. The summed E-state index contributed by atoms with van der Waals surface area (Å²) in [6.45, 7) is 6.07. The molecule has 2 aromatic carbocycles. The number of β-amino-alcohol motifs (C(OH)–C–C–N with tert-alkyl or cyclic N) is 1. The molecule has 3 aromatic rings. The molecule has 4 rings (SSSR count). The van der Waals surface area contributed by atoms with E-state index in [1.807, 2.05) is 51.1 Å². The van der Waals surface area contributed by atoms with E-state index in [9.17, 15) is 14.7 Å². The molecule has 1 N–H and O–H groups in total. The van der Waals surface area contributed by atoms with Crippen LogP contribution in [0.1, 0.15) is 45.8 Å². The van der Waals surface area contributed by atoms with Gasteiger partial charge in [-0.05, 0) is 55.7 Å². The zero-order valence-corrected chi connectivity index (χ0v) is 16.7. The van der Waals surface area contributed by atoms with Crippen LogP contribution in [0, 0.1) is 13.8 Å². The number of amides is 1. The lowest BCUT2D eigenvalue weighted by molar-refractivity contribution is 0.0691. The number of carbonyl (C=O) groups excluding carboxylic acids is 1. The van der Waals surface area contributed by atoms with Crippen LogP contribution in [0.3, 0.4) is 0 Å². The smallest absolute Gasteiger partial charge is 0.290 e. The highest BCUT2D eigenvalue weighted by Gasteiger charge is 2.42. The average Bonchev–Trinajstić information content (AvgIpc) is 2.96. The molecule has 29 heavy (non-hydrogen) atoms. The van der Waals surface area contributed by atoms with Gasteiger partial charge in [-0.1, -0.05) is 18.2 Å². The maximum absolute atomic E-state index is 13.5. The summed E-state index contributed by atoms with van der Waals surface area (Å²) in [6.07, 6.45) is 0. The van der Waals surface area contributed by atoms with Gasteiger partial charge in [-0.25, -0.2) is 0 Å². The summed E-state index contributed by atoms with van der Waals surface area (Å²) in [7, 11) is 0. The van der Waals surface area contributed by atoms with E-state index in [0.29, 0.717) is 28.9 Å². The predicted octanol–water partition coefficient (Wildman–Crippen LogP) is 3.35. The Hall–Kier alpha value is -3.12. The van der Waals surface area contributed by atoms with Crippen LogP contribution >= 0.6 is 0 Å². The molecule has 6 nitrogen and oxygen atoms in total. The third-order valence-electron chi connectivity index (χ3n) is 5.22. The van der Waals surface area contributed by atoms with Crippen molar-refractivity contribution >= 4 is 16.9 Å². The molecule has 1 amide bonds. The second-order valence-electron chi connectivity index (χ2n) is 7.26. The number of hydrogen-bond acceptors (Lipinski definition) is 5. The second kappa shape index (κ2) is 7.37. The number of nitrogens with zero attached hydrogens (tertiary/aromatic N) is 1. The van der Waals surface area contributed by atoms with Gasteiger partial charge in [0.25, 0.3) is 5.91 Å². The molecule has 1 atom stereocenters. The van der Waals surface area contributed by atoms with Crippen molar-refractivity contribution in [3.63, 3.8) is 0 Å². The topological polar surface area (TPSA) is 80.0 Å². The quantitative estimate of drug-likeness (QED) is 0.719. The van der Waals surface area contributed by atoms with Gasteiger partial charge in [-0.2, -0.15) is 0 Å². The summed E-state index contributed by atoms with van der Waals surface area (Å²) in [5, 5.41) is 10.0. The molecule has 0 aliphatic carbocycles. The minimum atomic E-state index is -0.633. The van der Waals surface area contributed by atoms with Gasteiger partial charge in [0.2, 0.25) is 5.76 Å². The minimum absolute atomic E-state index is 0.0507. The monoisotopic (exact) mass is 393 g/mol. The predicted molar refractivity (Wildman–Crippen MR) is 110 cm³/mol. The molecule has 2 heterocycles. The van der Waals surface area contributed by atoms with Crippen LogP contribution in [0.5, 0.6) is 5.75 Å². The maximum atomic E-state index is 13.5. The zero-order chi connectivity index (χ0) is 20.7. The van der Waals surface area contributed by atoms with E-state index in [0.717, 1.165) is 16.7 Å². The standard InChI is InChI=1S/C23H23NO5/c1-4-28-16-7-5-6-15(12-16)19-18-20(26)17-11-13(2)10-14(3)21(17)29-22(18)23(27)24(19)8-9-25/h5-7,10-12,19,25H,4,8-9H2,1-3H3. The van der Waals surface area contributed by atoms with Crippen molar-refractivity contribution < 1.29 is 19.1 Å². The Morgan fingerprint density at radius 3 is 2.69 bits per heavy atom. The third kappa shape index (κ3) is 3.09. The lowest BCUT2D eigenvalue weighted by Crippen LogP contribution is -2.32. The molecule has 1 aliphatic rings. The Bertz CT molecular complexity index is 1160. The Morgan fingerprint density at radius 1 is 1.17 bits per heavy atom. The number of aliphatic hydroxyl groups excluding tert-OH is 1. The molecule has 1 unspecified atom stereocenters. The number of aryl methyl sites for hydroxylation is 2. The van der Waals surface area contributed by atoms with Crippen LogP contribution in [-0.4, -0.2) is 35.7 Å². The van der Waals surface area contributed by atoms with E-state index < -0.39 is 6.04 Å². The summed E-state index contributed by atoms with van der Waals surface area (Å²) in [5.41, 5.74) is 3.04. The van der Waals surface area contributed by atoms with Crippen molar-refractivity contribution in [3.8, 4) is 5.75 Å². The fourth-order valence-electron chi connectivity index (χ4n) is 4.10. The van der Waals surface area contributed by atoms with Gasteiger partial charge in [0.1, 0.15) is 11.3 Å². The molecule has 0 saturated carbocycles. The molecule has 150 valence electrons. The molecular formula is C23H23NO5. The largest absolute Gasteiger partial charge is 0.494 e. The summed E-state index contributed by atoms with van der Waals surface area (Å²) in [4.78, 5) is 28.1. The first-order valence-corrected chi connectivity index (χ1v) is 9.68. The minimum Gasteiger partial charge on any atom is -0.494 e. The van der Waals surface area contributed by atoms with Crippen LogP contribution < -0.4 is 10.2 Å². The van der Waals surface area contributed by atoms with E-state index in [1.165, 1.54) is 4.90 Å². The molecule has 0 bridgehead atoms. The molecule has 6 heteroatoms. The number of ether oxygens (including phenoxy) is 1. The zero-order valence-electron chi connectivity index (χ0n) is 16.7. The van der Waals surface area contributed by atoms with Crippen LogP contribution in [-0.2, 0) is 0 Å². The molecule has 0 fully saturated rings. The molecule has 1 aliphatic heterocycles.